The van der Waals surface area contributed by atoms with Crippen LogP contribution in [0.1, 0.15) is 32.3 Å². The Kier molecular flexibility index (Phi) is 10.7. The second-order valence-electron chi connectivity index (χ2n) is 8.85. The second kappa shape index (κ2) is 13.8. The molecule has 0 aliphatic rings. The highest BCUT2D eigenvalue weighted by Gasteiger charge is 2.33. The van der Waals surface area contributed by atoms with Gasteiger partial charge in [-0.25, -0.2) is 12.8 Å². The molecule has 39 heavy (non-hydrogen) atoms. The fourth-order valence-electron chi connectivity index (χ4n) is 3.84. The van der Waals surface area contributed by atoms with Gasteiger partial charge in [-0.1, -0.05) is 72.9 Å². The van der Waals surface area contributed by atoms with Gasteiger partial charge in [0, 0.05) is 23.7 Å². The standard InChI is InChI=1S/C28H30Cl2FN3O4S/c1-3-4-16-32-28(36)20(2)33(18-21-10-8-9-13-25(21)31)27(35)19-34(26-17-22(29)14-15-24(26)30)39(37,38)23-11-6-5-7-12-23/h5-15,17,20H,3-4,16,18-19H2,1-2H3,(H,32,36)/t20-/m1/s1. The van der Waals surface area contributed by atoms with Gasteiger partial charge in [-0.2, -0.15) is 0 Å². The number of rotatable bonds is 12. The number of hydrogen-bond donors (Lipinski definition) is 1. The van der Waals surface area contributed by atoms with Crippen molar-refractivity contribution in [2.45, 2.75) is 44.2 Å². The maximum absolute atomic E-state index is 14.6. The molecule has 0 spiro atoms. The van der Waals surface area contributed by atoms with Crippen molar-refractivity contribution in [1.82, 2.24) is 10.2 Å². The van der Waals surface area contributed by atoms with Crippen LogP contribution in [0.15, 0.2) is 77.7 Å². The molecule has 0 fully saturated rings. The van der Waals surface area contributed by atoms with E-state index in [0.29, 0.717) is 6.54 Å². The summed E-state index contributed by atoms with van der Waals surface area (Å²) in [5, 5.41) is 3.04. The van der Waals surface area contributed by atoms with Gasteiger partial charge in [0.2, 0.25) is 11.8 Å². The molecule has 0 heterocycles. The van der Waals surface area contributed by atoms with Gasteiger partial charge in [0.05, 0.1) is 15.6 Å². The van der Waals surface area contributed by atoms with Crippen LogP contribution in [0, 0.1) is 5.82 Å². The van der Waals surface area contributed by atoms with E-state index < -0.39 is 40.2 Å². The van der Waals surface area contributed by atoms with E-state index >= 15 is 0 Å². The smallest absolute Gasteiger partial charge is 0.264 e. The summed E-state index contributed by atoms with van der Waals surface area (Å²) in [4.78, 5) is 27.9. The topological polar surface area (TPSA) is 86.8 Å². The van der Waals surface area contributed by atoms with Gasteiger partial charge in [-0.15, -0.1) is 0 Å². The summed E-state index contributed by atoms with van der Waals surface area (Å²) < 4.78 is 43.0. The molecule has 0 saturated carbocycles. The highest BCUT2D eigenvalue weighted by molar-refractivity contribution is 7.92. The molecule has 0 unspecified atom stereocenters. The molecule has 3 rings (SSSR count). The highest BCUT2D eigenvalue weighted by atomic mass is 35.5. The maximum Gasteiger partial charge on any atom is 0.264 e. The molecule has 208 valence electrons. The van der Waals surface area contributed by atoms with Crippen molar-refractivity contribution in [2.75, 3.05) is 17.4 Å². The number of carbonyl (C=O) groups is 2. The monoisotopic (exact) mass is 593 g/mol. The van der Waals surface area contributed by atoms with Crippen LogP contribution in [0.5, 0.6) is 0 Å². The van der Waals surface area contributed by atoms with Gasteiger partial charge < -0.3 is 10.2 Å². The van der Waals surface area contributed by atoms with Crippen LogP contribution in [0.4, 0.5) is 10.1 Å². The minimum Gasteiger partial charge on any atom is -0.354 e. The fourth-order valence-corrected chi connectivity index (χ4v) is 5.72. The van der Waals surface area contributed by atoms with Crippen molar-refractivity contribution in [1.29, 1.82) is 0 Å². The number of carbonyl (C=O) groups excluding carboxylic acids is 2. The molecule has 0 radical (unpaired) electrons. The SMILES string of the molecule is CCCCNC(=O)[C@@H](C)N(Cc1ccccc1F)C(=O)CN(c1cc(Cl)ccc1Cl)S(=O)(=O)c1ccccc1. The van der Waals surface area contributed by atoms with E-state index in [9.17, 15) is 22.4 Å². The quantitative estimate of drug-likeness (QED) is 0.274. The lowest BCUT2D eigenvalue weighted by Crippen LogP contribution is -2.51. The Labute approximate surface area is 238 Å². The number of nitrogens with one attached hydrogen (secondary N) is 1. The summed E-state index contributed by atoms with van der Waals surface area (Å²) >= 11 is 12.5. The Balaban J connectivity index is 2.04. The lowest BCUT2D eigenvalue weighted by Gasteiger charge is -2.32. The summed E-state index contributed by atoms with van der Waals surface area (Å²) in [6.07, 6.45) is 1.61. The van der Waals surface area contributed by atoms with E-state index in [0.717, 1.165) is 22.0 Å². The first-order valence-corrected chi connectivity index (χ1v) is 14.6. The van der Waals surface area contributed by atoms with Crippen LogP contribution in [-0.2, 0) is 26.2 Å². The lowest BCUT2D eigenvalue weighted by molar-refractivity contribution is -0.139. The van der Waals surface area contributed by atoms with Gasteiger partial charge >= 0.3 is 0 Å². The highest BCUT2D eigenvalue weighted by Crippen LogP contribution is 2.33. The van der Waals surface area contributed by atoms with Gasteiger partial charge in [0.25, 0.3) is 10.0 Å². The minimum atomic E-state index is -4.30. The normalized spacial score (nSPS) is 12.0. The molecule has 0 aromatic heterocycles. The van der Waals surface area contributed by atoms with E-state index in [1.807, 2.05) is 6.92 Å². The predicted molar refractivity (Wildman–Crippen MR) is 152 cm³/mol. The Bertz CT molecular complexity index is 1410. The molecule has 0 aliphatic heterocycles. The van der Waals surface area contributed by atoms with Crippen LogP contribution in [0.25, 0.3) is 0 Å². The van der Waals surface area contributed by atoms with Crippen LogP contribution >= 0.6 is 23.2 Å². The van der Waals surface area contributed by atoms with Crippen LogP contribution in [0.2, 0.25) is 10.0 Å². The Morgan fingerprint density at radius 2 is 1.67 bits per heavy atom. The first-order chi connectivity index (χ1) is 18.6. The fraction of sp³-hybridized carbons (Fsp3) is 0.286. The maximum atomic E-state index is 14.6. The molecule has 7 nitrogen and oxygen atoms in total. The molecular formula is C28H30Cl2FN3O4S. The van der Waals surface area contributed by atoms with E-state index in [1.165, 1.54) is 55.5 Å². The average molecular weight is 595 g/mol. The van der Waals surface area contributed by atoms with Crippen LogP contribution in [-0.4, -0.2) is 44.3 Å². The van der Waals surface area contributed by atoms with Gasteiger partial charge in [0.1, 0.15) is 18.4 Å². The third-order valence-corrected chi connectivity index (χ3v) is 8.41. The first kappa shape index (κ1) is 30.4. The van der Waals surface area contributed by atoms with E-state index in [-0.39, 0.29) is 32.7 Å². The number of nitrogens with zero attached hydrogens (tertiary/aromatic N) is 2. The molecule has 11 heteroatoms. The van der Waals surface area contributed by atoms with E-state index in [2.05, 4.69) is 5.32 Å². The number of amides is 2. The molecular weight excluding hydrogens is 564 g/mol. The largest absolute Gasteiger partial charge is 0.354 e. The third-order valence-electron chi connectivity index (χ3n) is 6.08. The lowest BCUT2D eigenvalue weighted by atomic mass is 10.1. The van der Waals surface area contributed by atoms with Gasteiger partial charge in [-0.05, 0) is 49.7 Å². The number of anilines is 1. The zero-order valence-electron chi connectivity index (χ0n) is 21.6. The molecule has 2 amide bonds. The molecule has 1 N–H and O–H groups in total. The molecule has 0 aliphatic carbocycles. The van der Waals surface area contributed by atoms with Gasteiger partial charge in [-0.3, -0.25) is 13.9 Å². The summed E-state index contributed by atoms with van der Waals surface area (Å²) in [7, 11) is -4.30. The third kappa shape index (κ3) is 7.71. The van der Waals surface area contributed by atoms with Crippen LogP contribution < -0.4 is 9.62 Å². The van der Waals surface area contributed by atoms with E-state index in [1.54, 1.807) is 24.3 Å². The predicted octanol–water partition coefficient (Wildman–Crippen LogP) is 5.66. The Morgan fingerprint density at radius 1 is 1.00 bits per heavy atom. The van der Waals surface area contributed by atoms with Crippen molar-refractivity contribution in [3.63, 3.8) is 0 Å². The molecule has 3 aromatic rings. The molecule has 0 bridgehead atoms. The summed E-state index contributed by atoms with van der Waals surface area (Å²) in [6.45, 7) is 2.94. The molecule has 3 aromatic carbocycles. The summed E-state index contributed by atoms with van der Waals surface area (Å²) in [5.41, 5.74) is 0.171. The molecule has 0 saturated heterocycles. The van der Waals surface area contributed by atoms with Crippen molar-refractivity contribution in [3.8, 4) is 0 Å². The molecule has 1 atom stereocenters. The number of hydrogen-bond acceptors (Lipinski definition) is 4. The van der Waals surface area contributed by atoms with Crippen molar-refractivity contribution < 1.29 is 22.4 Å². The Hall–Kier alpha value is -3.14. The van der Waals surface area contributed by atoms with Crippen molar-refractivity contribution >= 4 is 50.7 Å². The van der Waals surface area contributed by atoms with Crippen molar-refractivity contribution in [2.24, 2.45) is 0 Å². The Morgan fingerprint density at radius 3 is 2.33 bits per heavy atom. The van der Waals surface area contributed by atoms with Gasteiger partial charge in [0.15, 0.2) is 0 Å². The minimum absolute atomic E-state index is 0.00717. The second-order valence-corrected chi connectivity index (χ2v) is 11.6. The number of sulfonamides is 1. The zero-order chi connectivity index (χ0) is 28.6. The summed E-state index contributed by atoms with van der Waals surface area (Å²) in [5.74, 6) is -1.72. The van der Waals surface area contributed by atoms with E-state index in [4.69, 9.17) is 23.2 Å². The number of unbranched alkanes of at least 4 members (excludes halogenated alkanes) is 1. The van der Waals surface area contributed by atoms with Crippen LogP contribution in [0.3, 0.4) is 0 Å². The first-order valence-electron chi connectivity index (χ1n) is 12.4. The number of benzene rings is 3. The zero-order valence-corrected chi connectivity index (χ0v) is 23.9. The van der Waals surface area contributed by atoms with Crippen molar-refractivity contribution in [3.05, 3.63) is 94.2 Å². The summed E-state index contributed by atoms with van der Waals surface area (Å²) in [6, 6.07) is 16.7. The number of halogens is 3. The average Bonchev–Trinajstić information content (AvgIpc) is 2.92.